The molecule has 0 atom stereocenters. The summed E-state index contributed by atoms with van der Waals surface area (Å²) in [6, 6.07) is 0. The highest BCUT2D eigenvalue weighted by molar-refractivity contribution is 6.31. The van der Waals surface area contributed by atoms with Crippen molar-refractivity contribution in [2.24, 2.45) is 0 Å². The fourth-order valence-corrected chi connectivity index (χ4v) is 1.85. The summed E-state index contributed by atoms with van der Waals surface area (Å²) in [7, 11) is 3.90. The molecule has 0 aromatic carbocycles. The SMILES string of the molecule is CCCN(CCN(C)C)c1ncnc(Cl)c1[N+](=O)[O-]. The van der Waals surface area contributed by atoms with Gasteiger partial charge in [-0.1, -0.05) is 18.5 Å². The van der Waals surface area contributed by atoms with Crippen molar-refractivity contribution in [1.82, 2.24) is 14.9 Å². The number of rotatable bonds is 7. The Hall–Kier alpha value is -1.47. The molecule has 0 saturated carbocycles. The second kappa shape index (κ2) is 7.20. The highest BCUT2D eigenvalue weighted by atomic mass is 35.5. The van der Waals surface area contributed by atoms with E-state index in [9.17, 15) is 10.1 Å². The molecule has 0 aliphatic rings. The maximum Gasteiger partial charge on any atom is 0.348 e. The molecule has 0 amide bonds. The molecule has 19 heavy (non-hydrogen) atoms. The van der Waals surface area contributed by atoms with E-state index >= 15 is 0 Å². The summed E-state index contributed by atoms with van der Waals surface area (Å²) in [5.41, 5.74) is -0.226. The van der Waals surface area contributed by atoms with E-state index in [4.69, 9.17) is 11.6 Å². The van der Waals surface area contributed by atoms with Crippen molar-refractivity contribution in [1.29, 1.82) is 0 Å². The molecule has 7 nitrogen and oxygen atoms in total. The molecule has 0 unspecified atom stereocenters. The van der Waals surface area contributed by atoms with Crippen molar-refractivity contribution in [2.75, 3.05) is 38.6 Å². The van der Waals surface area contributed by atoms with Gasteiger partial charge in [0.05, 0.1) is 4.92 Å². The highest BCUT2D eigenvalue weighted by Gasteiger charge is 2.25. The molecular formula is C11H18ClN5O2. The highest BCUT2D eigenvalue weighted by Crippen LogP contribution is 2.31. The summed E-state index contributed by atoms with van der Waals surface area (Å²) in [5.74, 6) is 0.286. The largest absolute Gasteiger partial charge is 0.349 e. The van der Waals surface area contributed by atoms with E-state index in [-0.39, 0.29) is 16.7 Å². The fraction of sp³-hybridized carbons (Fsp3) is 0.636. The summed E-state index contributed by atoms with van der Waals surface area (Å²) >= 11 is 5.80. The minimum absolute atomic E-state index is 0.124. The number of hydrogen-bond donors (Lipinski definition) is 0. The van der Waals surface area contributed by atoms with Gasteiger partial charge in [-0.05, 0) is 20.5 Å². The second-order valence-corrected chi connectivity index (χ2v) is 4.74. The first kappa shape index (κ1) is 15.6. The van der Waals surface area contributed by atoms with Gasteiger partial charge in [0, 0.05) is 19.6 Å². The Balaban J connectivity index is 3.07. The Bertz CT molecular complexity index is 441. The summed E-state index contributed by atoms with van der Waals surface area (Å²) < 4.78 is 0. The normalized spacial score (nSPS) is 10.8. The molecule has 0 fully saturated rings. The van der Waals surface area contributed by atoms with E-state index in [1.54, 1.807) is 0 Å². The summed E-state index contributed by atoms with van der Waals surface area (Å²) in [6.07, 6.45) is 2.12. The van der Waals surface area contributed by atoms with Crippen LogP contribution < -0.4 is 4.90 Å². The number of halogens is 1. The molecule has 0 N–H and O–H groups in total. The number of anilines is 1. The Morgan fingerprint density at radius 3 is 2.53 bits per heavy atom. The number of nitro groups is 1. The van der Waals surface area contributed by atoms with Crippen LogP contribution >= 0.6 is 11.6 Å². The van der Waals surface area contributed by atoms with Gasteiger partial charge in [0.2, 0.25) is 11.0 Å². The Morgan fingerprint density at radius 2 is 2.00 bits per heavy atom. The lowest BCUT2D eigenvalue weighted by Crippen LogP contribution is -2.33. The Morgan fingerprint density at radius 1 is 1.32 bits per heavy atom. The third kappa shape index (κ3) is 4.29. The molecule has 0 aliphatic carbocycles. The lowest BCUT2D eigenvalue weighted by Gasteiger charge is -2.24. The van der Waals surface area contributed by atoms with Gasteiger partial charge in [-0.15, -0.1) is 0 Å². The summed E-state index contributed by atoms with van der Waals surface area (Å²) in [6.45, 7) is 4.12. The van der Waals surface area contributed by atoms with Crippen LogP contribution in [0.4, 0.5) is 11.5 Å². The smallest absolute Gasteiger partial charge is 0.348 e. The van der Waals surface area contributed by atoms with Crippen LogP contribution in [-0.4, -0.2) is 53.5 Å². The van der Waals surface area contributed by atoms with Crippen LogP contribution in [0.25, 0.3) is 0 Å². The molecule has 0 spiro atoms. The van der Waals surface area contributed by atoms with Gasteiger partial charge in [-0.3, -0.25) is 10.1 Å². The van der Waals surface area contributed by atoms with Crippen LogP contribution in [0.15, 0.2) is 6.33 Å². The Kier molecular flexibility index (Phi) is 5.91. The molecule has 1 rings (SSSR count). The minimum Gasteiger partial charge on any atom is -0.349 e. The fourth-order valence-electron chi connectivity index (χ4n) is 1.65. The molecule has 1 aromatic heterocycles. The zero-order chi connectivity index (χ0) is 14.4. The van der Waals surface area contributed by atoms with E-state index in [1.165, 1.54) is 6.33 Å². The van der Waals surface area contributed by atoms with Gasteiger partial charge in [0.25, 0.3) is 0 Å². The monoisotopic (exact) mass is 287 g/mol. The number of likely N-dealkylation sites (N-methyl/N-ethyl adjacent to an activating group) is 1. The quantitative estimate of drug-likeness (QED) is 0.432. The predicted octanol–water partition coefficient (Wildman–Crippen LogP) is 1.82. The lowest BCUT2D eigenvalue weighted by molar-refractivity contribution is -0.384. The molecule has 0 aliphatic heterocycles. The first-order chi connectivity index (χ1) is 8.97. The van der Waals surface area contributed by atoms with Gasteiger partial charge in [-0.25, -0.2) is 9.97 Å². The molecule has 1 heterocycles. The average molecular weight is 288 g/mol. The van der Waals surface area contributed by atoms with E-state index in [0.717, 1.165) is 13.0 Å². The molecule has 0 bridgehead atoms. The van der Waals surface area contributed by atoms with Gasteiger partial charge in [-0.2, -0.15) is 0 Å². The van der Waals surface area contributed by atoms with Crippen molar-refractivity contribution in [3.63, 3.8) is 0 Å². The van der Waals surface area contributed by atoms with Crippen LogP contribution in [0.5, 0.6) is 0 Å². The topological polar surface area (TPSA) is 75.4 Å². The van der Waals surface area contributed by atoms with Crippen LogP contribution in [0, 0.1) is 10.1 Å². The van der Waals surface area contributed by atoms with E-state index in [2.05, 4.69) is 9.97 Å². The van der Waals surface area contributed by atoms with E-state index in [1.807, 2.05) is 30.8 Å². The summed E-state index contributed by atoms with van der Waals surface area (Å²) in [5, 5.41) is 11.0. The second-order valence-electron chi connectivity index (χ2n) is 4.38. The summed E-state index contributed by atoms with van der Waals surface area (Å²) in [4.78, 5) is 22.1. The van der Waals surface area contributed by atoms with Crippen molar-refractivity contribution < 1.29 is 4.92 Å². The van der Waals surface area contributed by atoms with Crippen LogP contribution in [0.3, 0.4) is 0 Å². The first-order valence-electron chi connectivity index (χ1n) is 6.02. The molecule has 1 aromatic rings. The first-order valence-corrected chi connectivity index (χ1v) is 6.39. The number of aromatic nitrogens is 2. The Labute approximate surface area is 117 Å². The third-order valence-corrected chi connectivity index (χ3v) is 2.83. The van der Waals surface area contributed by atoms with Crippen LogP contribution in [-0.2, 0) is 0 Å². The van der Waals surface area contributed by atoms with Gasteiger partial charge >= 0.3 is 5.69 Å². The maximum atomic E-state index is 11.1. The van der Waals surface area contributed by atoms with Gasteiger partial charge in [0.1, 0.15) is 6.33 Å². The molecule has 0 saturated heterocycles. The molecule has 106 valence electrons. The van der Waals surface area contributed by atoms with Gasteiger partial charge < -0.3 is 9.80 Å². The number of nitrogens with zero attached hydrogens (tertiary/aromatic N) is 5. The van der Waals surface area contributed by atoms with Crippen LogP contribution in [0.1, 0.15) is 13.3 Å². The third-order valence-electron chi connectivity index (χ3n) is 2.55. The standard InChI is InChI=1S/C11H18ClN5O2/c1-4-5-16(7-6-15(2)3)11-9(17(18)19)10(12)13-8-14-11/h8H,4-7H2,1-3H3. The zero-order valence-corrected chi connectivity index (χ0v) is 12.1. The number of hydrogen-bond acceptors (Lipinski definition) is 6. The van der Waals surface area contributed by atoms with Crippen molar-refractivity contribution in [3.8, 4) is 0 Å². The predicted molar refractivity (Wildman–Crippen MR) is 74.8 cm³/mol. The minimum atomic E-state index is -0.532. The van der Waals surface area contributed by atoms with Crippen LogP contribution in [0.2, 0.25) is 5.15 Å². The van der Waals surface area contributed by atoms with Crippen molar-refractivity contribution >= 4 is 23.1 Å². The van der Waals surface area contributed by atoms with Crippen molar-refractivity contribution in [2.45, 2.75) is 13.3 Å². The van der Waals surface area contributed by atoms with E-state index in [0.29, 0.717) is 13.1 Å². The maximum absolute atomic E-state index is 11.1. The molecular weight excluding hydrogens is 270 g/mol. The zero-order valence-electron chi connectivity index (χ0n) is 11.3. The van der Waals surface area contributed by atoms with E-state index < -0.39 is 4.92 Å². The lowest BCUT2D eigenvalue weighted by atomic mass is 10.3. The molecule has 0 radical (unpaired) electrons. The molecule has 8 heteroatoms. The van der Waals surface area contributed by atoms with Crippen molar-refractivity contribution in [3.05, 3.63) is 21.6 Å². The van der Waals surface area contributed by atoms with Gasteiger partial charge in [0.15, 0.2) is 0 Å². The average Bonchev–Trinajstić information content (AvgIpc) is 2.33.